The van der Waals surface area contributed by atoms with E-state index < -0.39 is 12.0 Å². The van der Waals surface area contributed by atoms with Gasteiger partial charge in [0.15, 0.2) is 0 Å². The molecule has 0 aliphatic heterocycles. The van der Waals surface area contributed by atoms with E-state index in [0.29, 0.717) is 23.6 Å². The Balaban J connectivity index is 1.54. The Bertz CT molecular complexity index is 1380. The topological polar surface area (TPSA) is 93.5 Å². The molecule has 1 atom stereocenters. The van der Waals surface area contributed by atoms with Crippen molar-refractivity contribution < 1.29 is 19.4 Å². The summed E-state index contributed by atoms with van der Waals surface area (Å²) in [6.07, 6.45) is 4.72. The number of nitrogens with zero attached hydrogens (tertiary/aromatic N) is 2. The minimum atomic E-state index is -0.894. The van der Waals surface area contributed by atoms with Crippen LogP contribution in [0.3, 0.4) is 0 Å². The maximum absolute atomic E-state index is 12.6. The van der Waals surface area contributed by atoms with Gasteiger partial charge >= 0.3 is 5.97 Å². The maximum Gasteiger partial charge on any atom is 0.305 e. The minimum Gasteiger partial charge on any atom is -0.493 e. The van der Waals surface area contributed by atoms with Gasteiger partial charge in [-0.15, -0.1) is 0 Å². The zero-order chi connectivity index (χ0) is 24.8. The molecule has 0 radical (unpaired) electrons. The molecule has 0 bridgehead atoms. The van der Waals surface area contributed by atoms with Gasteiger partial charge in [0.25, 0.3) is 0 Å². The van der Waals surface area contributed by atoms with E-state index in [1.807, 2.05) is 66.1 Å². The standard InChI is InChI=1S/C27H24BrN3O4/c1-2-35-25-12-9-20(28)14-19(25)8-13-26(32)30-21-10-11-23-22(15-21)29-17-31(23)24(16-27(33)34)18-6-4-3-5-7-18/h3-15,17,24H,2,16H2,1H3,(H,30,32)(H,33,34)/b13-8+. The molecule has 4 rings (SSSR count). The van der Waals surface area contributed by atoms with E-state index in [9.17, 15) is 14.7 Å². The molecular weight excluding hydrogens is 510 g/mol. The lowest BCUT2D eigenvalue weighted by Crippen LogP contribution is -2.14. The summed E-state index contributed by atoms with van der Waals surface area (Å²) in [7, 11) is 0. The summed E-state index contributed by atoms with van der Waals surface area (Å²) in [5, 5.41) is 12.3. The van der Waals surface area contributed by atoms with E-state index in [1.165, 1.54) is 6.08 Å². The zero-order valence-electron chi connectivity index (χ0n) is 19.0. The van der Waals surface area contributed by atoms with Crippen LogP contribution < -0.4 is 10.1 Å². The molecule has 35 heavy (non-hydrogen) atoms. The molecule has 0 saturated carbocycles. The molecule has 0 fully saturated rings. The van der Waals surface area contributed by atoms with Gasteiger partial charge in [0.1, 0.15) is 5.75 Å². The number of carboxylic acids is 1. The zero-order valence-corrected chi connectivity index (χ0v) is 20.6. The number of carboxylic acid groups (broad SMARTS) is 1. The molecule has 7 nitrogen and oxygen atoms in total. The fraction of sp³-hybridized carbons (Fsp3) is 0.148. The maximum atomic E-state index is 12.6. The highest BCUT2D eigenvalue weighted by molar-refractivity contribution is 9.10. The highest BCUT2D eigenvalue weighted by Gasteiger charge is 2.19. The van der Waals surface area contributed by atoms with Gasteiger partial charge in [-0.1, -0.05) is 46.3 Å². The largest absolute Gasteiger partial charge is 0.493 e. The molecule has 0 aliphatic rings. The van der Waals surface area contributed by atoms with Crippen molar-refractivity contribution in [3.63, 3.8) is 0 Å². The Kier molecular flexibility index (Phi) is 7.62. The Morgan fingerprint density at radius 1 is 1.14 bits per heavy atom. The summed E-state index contributed by atoms with van der Waals surface area (Å²) in [6.45, 7) is 2.43. The molecule has 0 spiro atoms. The van der Waals surface area contributed by atoms with Gasteiger partial charge in [0.05, 0.1) is 36.4 Å². The molecule has 2 N–H and O–H groups in total. The van der Waals surface area contributed by atoms with E-state index in [-0.39, 0.29) is 12.3 Å². The number of rotatable bonds is 9. The highest BCUT2D eigenvalue weighted by Crippen LogP contribution is 2.28. The van der Waals surface area contributed by atoms with Gasteiger partial charge in [-0.25, -0.2) is 4.98 Å². The number of aromatic nitrogens is 2. The van der Waals surface area contributed by atoms with Gasteiger partial charge in [-0.2, -0.15) is 0 Å². The van der Waals surface area contributed by atoms with Crippen LogP contribution in [0.25, 0.3) is 17.1 Å². The van der Waals surface area contributed by atoms with Gasteiger partial charge < -0.3 is 19.7 Å². The molecule has 1 heterocycles. The monoisotopic (exact) mass is 533 g/mol. The van der Waals surface area contributed by atoms with Gasteiger partial charge in [-0.05, 0) is 55.0 Å². The number of anilines is 1. The second kappa shape index (κ2) is 11.0. The number of hydrogen-bond acceptors (Lipinski definition) is 4. The normalized spacial score (nSPS) is 12.1. The summed E-state index contributed by atoms with van der Waals surface area (Å²) in [5.41, 5.74) is 3.70. The number of benzene rings is 3. The molecule has 3 aromatic carbocycles. The van der Waals surface area contributed by atoms with Crippen LogP contribution in [-0.2, 0) is 9.59 Å². The summed E-state index contributed by atoms with van der Waals surface area (Å²) in [4.78, 5) is 28.5. The van der Waals surface area contributed by atoms with Crippen molar-refractivity contribution in [2.75, 3.05) is 11.9 Å². The van der Waals surface area contributed by atoms with Crippen LogP contribution in [0.2, 0.25) is 0 Å². The van der Waals surface area contributed by atoms with Crippen molar-refractivity contribution in [2.45, 2.75) is 19.4 Å². The Labute approximate surface area is 211 Å². The van der Waals surface area contributed by atoms with E-state index in [0.717, 1.165) is 21.1 Å². The number of aliphatic carboxylic acids is 1. The molecule has 178 valence electrons. The van der Waals surface area contributed by atoms with Crippen molar-refractivity contribution in [2.24, 2.45) is 0 Å². The number of halogens is 1. The Morgan fingerprint density at radius 2 is 1.94 bits per heavy atom. The van der Waals surface area contributed by atoms with Crippen molar-refractivity contribution in [3.8, 4) is 5.75 Å². The number of imidazole rings is 1. The lowest BCUT2D eigenvalue weighted by Gasteiger charge is -2.18. The Morgan fingerprint density at radius 3 is 2.69 bits per heavy atom. The number of ether oxygens (including phenoxy) is 1. The molecule has 1 unspecified atom stereocenters. The average molecular weight is 534 g/mol. The summed E-state index contributed by atoms with van der Waals surface area (Å²) in [5.74, 6) is -0.491. The van der Waals surface area contributed by atoms with Crippen molar-refractivity contribution in [3.05, 3.63) is 94.7 Å². The third kappa shape index (κ3) is 5.96. The molecule has 0 aliphatic carbocycles. The molecule has 8 heteroatoms. The predicted molar refractivity (Wildman–Crippen MR) is 140 cm³/mol. The van der Waals surface area contributed by atoms with Crippen LogP contribution in [-0.4, -0.2) is 33.1 Å². The Hall–Kier alpha value is -3.91. The summed E-state index contributed by atoms with van der Waals surface area (Å²) in [6, 6.07) is 20.1. The molecular formula is C27H24BrN3O4. The second-order valence-corrected chi connectivity index (χ2v) is 8.73. The third-order valence-electron chi connectivity index (χ3n) is 5.42. The van der Waals surface area contributed by atoms with Crippen LogP contribution in [0.1, 0.15) is 30.5 Å². The third-order valence-corrected chi connectivity index (χ3v) is 5.91. The fourth-order valence-electron chi connectivity index (χ4n) is 3.86. The van der Waals surface area contributed by atoms with Gasteiger partial charge in [0.2, 0.25) is 5.91 Å². The number of hydrogen-bond donors (Lipinski definition) is 2. The molecule has 0 saturated heterocycles. The summed E-state index contributed by atoms with van der Waals surface area (Å²) < 4.78 is 8.36. The highest BCUT2D eigenvalue weighted by atomic mass is 79.9. The first-order chi connectivity index (χ1) is 16.9. The number of fused-ring (bicyclic) bond motifs is 1. The number of carbonyl (C=O) groups excluding carboxylic acids is 1. The van der Waals surface area contributed by atoms with Crippen molar-refractivity contribution in [1.29, 1.82) is 0 Å². The fourth-order valence-corrected chi connectivity index (χ4v) is 4.24. The smallest absolute Gasteiger partial charge is 0.305 e. The van der Waals surface area contributed by atoms with E-state index >= 15 is 0 Å². The van der Waals surface area contributed by atoms with E-state index in [2.05, 4.69) is 26.2 Å². The first kappa shape index (κ1) is 24.2. The van der Waals surface area contributed by atoms with Crippen molar-refractivity contribution in [1.82, 2.24) is 9.55 Å². The van der Waals surface area contributed by atoms with Crippen LogP contribution >= 0.6 is 15.9 Å². The number of carbonyl (C=O) groups is 2. The quantitative estimate of drug-likeness (QED) is 0.260. The van der Waals surface area contributed by atoms with Gasteiger partial charge in [0, 0.05) is 21.8 Å². The number of amides is 1. The summed E-state index contributed by atoms with van der Waals surface area (Å²) >= 11 is 3.44. The van der Waals surface area contributed by atoms with E-state index in [1.54, 1.807) is 24.5 Å². The van der Waals surface area contributed by atoms with Crippen LogP contribution in [0.4, 0.5) is 5.69 Å². The molecule has 1 aromatic heterocycles. The van der Waals surface area contributed by atoms with Crippen LogP contribution in [0, 0.1) is 0 Å². The van der Waals surface area contributed by atoms with Crippen molar-refractivity contribution >= 4 is 50.6 Å². The van der Waals surface area contributed by atoms with Crippen LogP contribution in [0.5, 0.6) is 5.75 Å². The lowest BCUT2D eigenvalue weighted by molar-refractivity contribution is -0.137. The SMILES string of the molecule is CCOc1ccc(Br)cc1/C=C/C(=O)Nc1ccc2c(c1)ncn2C(CC(=O)O)c1ccccc1. The average Bonchev–Trinajstić information content (AvgIpc) is 3.26. The lowest BCUT2D eigenvalue weighted by atomic mass is 10.0. The molecule has 1 amide bonds. The van der Waals surface area contributed by atoms with Gasteiger partial charge in [-0.3, -0.25) is 9.59 Å². The molecule has 4 aromatic rings. The predicted octanol–water partition coefficient (Wildman–Crippen LogP) is 5.91. The first-order valence-electron chi connectivity index (χ1n) is 11.1. The minimum absolute atomic E-state index is 0.0713. The van der Waals surface area contributed by atoms with Crippen LogP contribution in [0.15, 0.2) is 83.6 Å². The number of nitrogens with one attached hydrogen (secondary N) is 1. The second-order valence-electron chi connectivity index (χ2n) is 7.82. The van der Waals surface area contributed by atoms with E-state index in [4.69, 9.17) is 4.74 Å². The first-order valence-corrected chi connectivity index (χ1v) is 11.9.